The first-order valence-electron chi connectivity index (χ1n) is 12.4. The largest absolute Gasteiger partial charge is 0.356 e. The summed E-state index contributed by atoms with van der Waals surface area (Å²) < 4.78 is 14.3. The van der Waals surface area contributed by atoms with Gasteiger partial charge in [0, 0.05) is 24.6 Å². The van der Waals surface area contributed by atoms with Crippen molar-refractivity contribution in [3.63, 3.8) is 0 Å². The molecule has 34 heavy (non-hydrogen) atoms. The Balaban J connectivity index is 1.36. The monoisotopic (exact) mass is 487 g/mol. The molecule has 4 rings (SSSR count). The van der Waals surface area contributed by atoms with Gasteiger partial charge >= 0.3 is 6.03 Å². The zero-order valence-electron chi connectivity index (χ0n) is 19.7. The number of imide groups is 1. The van der Waals surface area contributed by atoms with E-state index in [2.05, 4.69) is 12.2 Å². The third-order valence-corrected chi connectivity index (χ3v) is 8.28. The molecule has 1 aliphatic carbocycles. The van der Waals surface area contributed by atoms with Crippen LogP contribution in [0.5, 0.6) is 0 Å². The number of urea groups is 1. The Morgan fingerprint density at radius 2 is 1.91 bits per heavy atom. The summed E-state index contributed by atoms with van der Waals surface area (Å²) in [5.74, 6) is -0.181. The summed E-state index contributed by atoms with van der Waals surface area (Å²) in [6.07, 6.45) is 8.32. The van der Waals surface area contributed by atoms with Gasteiger partial charge in [0.1, 0.15) is 11.1 Å². The summed E-state index contributed by atoms with van der Waals surface area (Å²) in [7, 11) is 0. The minimum absolute atomic E-state index is 0.0159. The lowest BCUT2D eigenvalue weighted by molar-refractivity contribution is -0.132. The highest BCUT2D eigenvalue weighted by atomic mass is 32.2. The van der Waals surface area contributed by atoms with Crippen molar-refractivity contribution in [3.8, 4) is 0 Å². The maximum absolute atomic E-state index is 14.3. The van der Waals surface area contributed by atoms with E-state index >= 15 is 0 Å². The van der Waals surface area contributed by atoms with Crippen LogP contribution in [-0.2, 0) is 16.1 Å². The van der Waals surface area contributed by atoms with Crippen LogP contribution in [0.1, 0.15) is 57.4 Å². The molecular formula is C26H34FN3O3S. The van der Waals surface area contributed by atoms with Gasteiger partial charge in [0.2, 0.25) is 11.8 Å². The van der Waals surface area contributed by atoms with Crippen LogP contribution in [0.4, 0.5) is 9.18 Å². The number of rotatable bonds is 9. The Bertz CT molecular complexity index is 932. The van der Waals surface area contributed by atoms with E-state index in [0.29, 0.717) is 12.1 Å². The van der Waals surface area contributed by atoms with Gasteiger partial charge in [-0.25, -0.2) is 9.18 Å². The lowest BCUT2D eigenvalue weighted by atomic mass is 9.81. The molecule has 0 radical (unpaired) electrons. The predicted molar refractivity (Wildman–Crippen MR) is 131 cm³/mol. The summed E-state index contributed by atoms with van der Waals surface area (Å²) >= 11 is 1.42. The van der Waals surface area contributed by atoms with E-state index < -0.39 is 0 Å². The third-order valence-electron chi connectivity index (χ3n) is 7.19. The smallest absolute Gasteiger partial charge is 0.327 e. The third kappa shape index (κ3) is 5.48. The Morgan fingerprint density at radius 3 is 2.65 bits per heavy atom. The van der Waals surface area contributed by atoms with Crippen LogP contribution in [0.15, 0.2) is 35.7 Å². The minimum atomic E-state index is -0.380. The molecule has 0 aromatic heterocycles. The molecule has 2 aliphatic heterocycles. The maximum atomic E-state index is 14.3. The van der Waals surface area contributed by atoms with E-state index in [0.717, 1.165) is 51.5 Å². The predicted octanol–water partition coefficient (Wildman–Crippen LogP) is 4.70. The number of thioether (sulfide) groups is 1. The first-order chi connectivity index (χ1) is 16.5. The van der Waals surface area contributed by atoms with E-state index in [4.69, 9.17) is 0 Å². The lowest BCUT2D eigenvalue weighted by Crippen LogP contribution is -2.62. The van der Waals surface area contributed by atoms with Gasteiger partial charge < -0.3 is 10.2 Å². The molecule has 2 atom stereocenters. The number of benzene rings is 1. The van der Waals surface area contributed by atoms with E-state index in [1.807, 2.05) is 11.5 Å². The maximum Gasteiger partial charge on any atom is 0.327 e. The van der Waals surface area contributed by atoms with Crippen LogP contribution >= 0.6 is 11.8 Å². The fourth-order valence-electron chi connectivity index (χ4n) is 5.14. The van der Waals surface area contributed by atoms with Crippen molar-refractivity contribution < 1.29 is 18.8 Å². The minimum Gasteiger partial charge on any atom is -0.356 e. The van der Waals surface area contributed by atoms with Gasteiger partial charge in [-0.1, -0.05) is 44.0 Å². The van der Waals surface area contributed by atoms with E-state index in [1.54, 1.807) is 23.1 Å². The highest BCUT2D eigenvalue weighted by molar-refractivity contribution is 8.03. The molecule has 2 unspecified atom stereocenters. The van der Waals surface area contributed by atoms with E-state index in [1.165, 1.54) is 22.7 Å². The van der Waals surface area contributed by atoms with Crippen molar-refractivity contribution in [1.82, 2.24) is 15.1 Å². The SMILES string of the molecule is CCCCCNC(=O)C1CCC(CN2C(=O)C3SC=CC3N(Cc3ccccc3F)C2=O)CC1. The van der Waals surface area contributed by atoms with Gasteiger partial charge in [0.25, 0.3) is 0 Å². The van der Waals surface area contributed by atoms with Crippen LogP contribution in [0, 0.1) is 17.7 Å². The second kappa shape index (κ2) is 11.4. The number of carbonyl (C=O) groups is 3. The van der Waals surface area contributed by atoms with Crippen molar-refractivity contribution in [3.05, 3.63) is 47.1 Å². The van der Waals surface area contributed by atoms with Gasteiger partial charge in [-0.05, 0) is 49.5 Å². The zero-order valence-corrected chi connectivity index (χ0v) is 20.6. The standard InChI is InChI=1S/C26H34FN3O3S/c1-2-3-6-14-28-24(31)19-11-9-18(10-12-19)16-30-25(32)23-22(13-15-34-23)29(26(30)33)17-20-7-4-5-8-21(20)27/h4-5,7-8,13,15,18-19,22-23H,2-3,6,9-12,14,16-17H2,1H3,(H,28,31). The molecular weight excluding hydrogens is 453 g/mol. The number of nitrogens with zero attached hydrogens (tertiary/aromatic N) is 2. The molecule has 0 spiro atoms. The molecule has 3 aliphatic rings. The molecule has 1 N–H and O–H groups in total. The van der Waals surface area contributed by atoms with Gasteiger partial charge in [-0.3, -0.25) is 14.5 Å². The Hall–Kier alpha value is -2.35. The number of hydrogen-bond acceptors (Lipinski definition) is 4. The molecule has 0 bridgehead atoms. The second-order valence-electron chi connectivity index (χ2n) is 9.54. The molecule has 1 saturated heterocycles. The number of halogens is 1. The summed E-state index contributed by atoms with van der Waals surface area (Å²) in [5, 5.41) is 4.54. The summed E-state index contributed by atoms with van der Waals surface area (Å²) in [4.78, 5) is 42.0. The average molecular weight is 488 g/mol. The zero-order chi connectivity index (χ0) is 24.1. The number of unbranched alkanes of at least 4 members (excludes halogenated alkanes) is 2. The van der Waals surface area contributed by atoms with Crippen LogP contribution in [0.3, 0.4) is 0 Å². The molecule has 4 amide bonds. The molecule has 6 nitrogen and oxygen atoms in total. The van der Waals surface area contributed by atoms with Crippen molar-refractivity contribution in [2.24, 2.45) is 11.8 Å². The fourth-order valence-corrected chi connectivity index (χ4v) is 6.20. The second-order valence-corrected chi connectivity index (χ2v) is 10.6. The summed E-state index contributed by atoms with van der Waals surface area (Å²) in [6, 6.07) is 5.75. The van der Waals surface area contributed by atoms with Crippen LogP contribution in [-0.4, -0.2) is 52.0 Å². The Morgan fingerprint density at radius 1 is 1.15 bits per heavy atom. The molecule has 2 heterocycles. The summed E-state index contributed by atoms with van der Waals surface area (Å²) in [6.45, 7) is 3.37. The van der Waals surface area contributed by atoms with Crippen molar-refractivity contribution in [2.45, 2.75) is 69.7 Å². The highest BCUT2D eigenvalue weighted by Gasteiger charge is 2.48. The first kappa shape index (κ1) is 24.8. The van der Waals surface area contributed by atoms with E-state index in [-0.39, 0.29) is 53.3 Å². The Labute approximate surface area is 205 Å². The van der Waals surface area contributed by atoms with Crippen LogP contribution in [0.25, 0.3) is 0 Å². The van der Waals surface area contributed by atoms with Gasteiger partial charge in [-0.2, -0.15) is 0 Å². The molecule has 1 saturated carbocycles. The molecule has 1 aromatic carbocycles. The first-order valence-corrected chi connectivity index (χ1v) is 13.4. The fraction of sp³-hybridized carbons (Fsp3) is 0.577. The molecule has 1 aromatic rings. The quantitative estimate of drug-likeness (QED) is 0.513. The summed E-state index contributed by atoms with van der Waals surface area (Å²) in [5.41, 5.74) is 0.444. The number of nitrogens with one attached hydrogen (secondary N) is 1. The molecule has 184 valence electrons. The van der Waals surface area contributed by atoms with Crippen LogP contribution in [0.2, 0.25) is 0 Å². The van der Waals surface area contributed by atoms with Crippen LogP contribution < -0.4 is 5.32 Å². The normalized spacial score (nSPS) is 26.6. The number of hydrogen-bond donors (Lipinski definition) is 1. The van der Waals surface area contributed by atoms with Gasteiger partial charge in [0.05, 0.1) is 12.6 Å². The number of carbonyl (C=O) groups excluding carboxylic acids is 3. The van der Waals surface area contributed by atoms with Gasteiger partial charge in [-0.15, -0.1) is 11.8 Å². The van der Waals surface area contributed by atoms with Crippen molar-refractivity contribution in [1.29, 1.82) is 0 Å². The van der Waals surface area contributed by atoms with E-state index in [9.17, 15) is 18.8 Å². The number of amides is 4. The molecule has 2 fully saturated rings. The Kier molecular flexibility index (Phi) is 8.29. The van der Waals surface area contributed by atoms with Crippen molar-refractivity contribution >= 4 is 29.6 Å². The van der Waals surface area contributed by atoms with Crippen molar-refractivity contribution in [2.75, 3.05) is 13.1 Å². The van der Waals surface area contributed by atoms with Gasteiger partial charge in [0.15, 0.2) is 0 Å². The number of fused-ring (bicyclic) bond motifs is 1. The molecule has 8 heteroatoms. The topological polar surface area (TPSA) is 69.7 Å². The lowest BCUT2D eigenvalue weighted by Gasteiger charge is -2.43. The highest BCUT2D eigenvalue weighted by Crippen LogP contribution is 2.37. The average Bonchev–Trinajstić information content (AvgIpc) is 3.34.